The topological polar surface area (TPSA) is 79.9 Å². The predicted octanol–water partition coefficient (Wildman–Crippen LogP) is 1.53. The molecule has 5 nitrogen and oxygen atoms in total. The quantitative estimate of drug-likeness (QED) is 0.888. The van der Waals surface area contributed by atoms with E-state index in [-0.39, 0.29) is 24.8 Å². The molecule has 1 atom stereocenters. The Labute approximate surface area is 124 Å². The lowest BCUT2D eigenvalue weighted by Crippen LogP contribution is -2.44. The van der Waals surface area contributed by atoms with Crippen LogP contribution in [-0.2, 0) is 11.2 Å². The van der Waals surface area contributed by atoms with Crippen molar-refractivity contribution in [1.82, 2.24) is 10.2 Å². The van der Waals surface area contributed by atoms with Crippen molar-refractivity contribution < 1.29 is 4.79 Å². The molecular formula is C16H18N4O. The smallest absolute Gasteiger partial charge is 0.244 e. The Balaban J connectivity index is 2.17. The number of nitriles is 2. The van der Waals surface area contributed by atoms with Gasteiger partial charge in [-0.2, -0.15) is 10.5 Å². The molecule has 0 aromatic heterocycles. The van der Waals surface area contributed by atoms with Crippen molar-refractivity contribution in [3.05, 3.63) is 35.4 Å². The first kappa shape index (κ1) is 15.0. The van der Waals surface area contributed by atoms with E-state index in [0.717, 1.165) is 18.5 Å². The Kier molecular flexibility index (Phi) is 5.31. The third-order valence-electron chi connectivity index (χ3n) is 3.65. The molecule has 1 heterocycles. The predicted molar refractivity (Wildman–Crippen MR) is 77.9 cm³/mol. The molecule has 0 radical (unpaired) electrons. The summed E-state index contributed by atoms with van der Waals surface area (Å²) in [5.74, 6) is -0.0485. The van der Waals surface area contributed by atoms with Crippen molar-refractivity contribution in [3.8, 4) is 12.1 Å². The van der Waals surface area contributed by atoms with Crippen LogP contribution >= 0.6 is 0 Å². The Morgan fingerprint density at radius 2 is 1.90 bits per heavy atom. The number of hydrogen-bond acceptors (Lipinski definition) is 4. The molecule has 0 spiro atoms. The van der Waals surface area contributed by atoms with Crippen LogP contribution in [0, 0.1) is 22.7 Å². The van der Waals surface area contributed by atoms with Gasteiger partial charge in [0.15, 0.2) is 0 Å². The molecule has 1 aromatic rings. The van der Waals surface area contributed by atoms with Gasteiger partial charge in [0, 0.05) is 19.6 Å². The van der Waals surface area contributed by atoms with E-state index in [1.165, 1.54) is 5.56 Å². The number of nitrogens with one attached hydrogen (secondary N) is 1. The summed E-state index contributed by atoms with van der Waals surface area (Å²) < 4.78 is 0. The van der Waals surface area contributed by atoms with Crippen molar-refractivity contribution >= 4 is 5.91 Å². The van der Waals surface area contributed by atoms with Crippen molar-refractivity contribution in [1.29, 1.82) is 10.5 Å². The third-order valence-corrected chi connectivity index (χ3v) is 3.65. The molecule has 1 aliphatic rings. The Bertz CT molecular complexity index is 567. The highest BCUT2D eigenvalue weighted by molar-refractivity contribution is 5.84. The molecule has 21 heavy (non-hydrogen) atoms. The summed E-state index contributed by atoms with van der Waals surface area (Å²) in [6.07, 6.45) is 1.48. The average molecular weight is 282 g/mol. The van der Waals surface area contributed by atoms with E-state index in [1.807, 2.05) is 24.3 Å². The van der Waals surface area contributed by atoms with Gasteiger partial charge in [0.05, 0.1) is 25.0 Å². The fourth-order valence-electron chi connectivity index (χ4n) is 2.61. The Morgan fingerprint density at radius 3 is 2.57 bits per heavy atom. The first-order valence-corrected chi connectivity index (χ1v) is 7.11. The summed E-state index contributed by atoms with van der Waals surface area (Å²) in [6, 6.07) is 11.7. The highest BCUT2D eigenvalue weighted by Gasteiger charge is 2.29. The van der Waals surface area contributed by atoms with Crippen LogP contribution in [0.4, 0.5) is 0 Å². The summed E-state index contributed by atoms with van der Waals surface area (Å²) in [6.45, 7) is 1.51. The Morgan fingerprint density at radius 1 is 1.24 bits per heavy atom. The molecule has 5 heteroatoms. The molecule has 1 unspecified atom stereocenters. The highest BCUT2D eigenvalue weighted by Crippen LogP contribution is 2.24. The van der Waals surface area contributed by atoms with E-state index in [4.69, 9.17) is 10.5 Å². The van der Waals surface area contributed by atoms with Crippen molar-refractivity contribution in [2.24, 2.45) is 0 Å². The normalized spacial score (nSPS) is 16.4. The van der Waals surface area contributed by atoms with Crippen LogP contribution < -0.4 is 5.32 Å². The van der Waals surface area contributed by atoms with Gasteiger partial charge < -0.3 is 10.2 Å². The maximum absolute atomic E-state index is 12.7. The minimum atomic E-state index is -0.368. The minimum Gasteiger partial charge on any atom is -0.339 e. The molecule has 1 aromatic carbocycles. The van der Waals surface area contributed by atoms with Crippen LogP contribution in [0.3, 0.4) is 0 Å². The third kappa shape index (κ3) is 3.59. The minimum absolute atomic E-state index is 0.0485. The second kappa shape index (κ2) is 7.42. The number of carbonyl (C=O) groups excluding carboxylic acids is 1. The van der Waals surface area contributed by atoms with Crippen LogP contribution in [0.2, 0.25) is 0 Å². The van der Waals surface area contributed by atoms with Crippen molar-refractivity contribution in [2.75, 3.05) is 19.6 Å². The van der Waals surface area contributed by atoms with Gasteiger partial charge in [-0.05, 0) is 17.5 Å². The number of rotatable bonds is 5. The van der Waals surface area contributed by atoms with Gasteiger partial charge in [-0.1, -0.05) is 24.3 Å². The van der Waals surface area contributed by atoms with Gasteiger partial charge in [0.2, 0.25) is 5.91 Å². The Hall–Kier alpha value is -2.37. The SMILES string of the molecule is N#CCCN(CCC#N)C(=O)C1NCCc2ccccc21. The van der Waals surface area contributed by atoms with Crippen LogP contribution in [0.25, 0.3) is 0 Å². The number of benzene rings is 1. The number of hydrogen-bond donors (Lipinski definition) is 1. The van der Waals surface area contributed by atoms with E-state index in [2.05, 4.69) is 17.5 Å². The number of carbonyl (C=O) groups is 1. The van der Waals surface area contributed by atoms with Gasteiger partial charge >= 0.3 is 0 Å². The van der Waals surface area contributed by atoms with Gasteiger partial charge in [-0.15, -0.1) is 0 Å². The van der Waals surface area contributed by atoms with E-state index in [0.29, 0.717) is 13.1 Å². The van der Waals surface area contributed by atoms with Gasteiger partial charge in [0.25, 0.3) is 0 Å². The molecular weight excluding hydrogens is 264 g/mol. The van der Waals surface area contributed by atoms with Crippen LogP contribution in [0.5, 0.6) is 0 Å². The second-order valence-corrected chi connectivity index (χ2v) is 4.98. The molecule has 1 aliphatic heterocycles. The maximum atomic E-state index is 12.7. The standard InChI is InChI=1S/C16H18N4O/c17-8-3-11-20(12-4-9-18)16(21)15-14-6-2-1-5-13(14)7-10-19-15/h1-2,5-6,15,19H,3-4,7,10-12H2. The summed E-state index contributed by atoms with van der Waals surface area (Å²) in [4.78, 5) is 14.3. The average Bonchev–Trinajstić information content (AvgIpc) is 2.54. The summed E-state index contributed by atoms with van der Waals surface area (Å²) in [7, 11) is 0. The fourth-order valence-corrected chi connectivity index (χ4v) is 2.61. The summed E-state index contributed by atoms with van der Waals surface area (Å²) >= 11 is 0. The molecule has 1 amide bonds. The molecule has 0 aliphatic carbocycles. The molecule has 2 rings (SSSR count). The summed E-state index contributed by atoms with van der Waals surface area (Å²) in [5, 5.41) is 20.7. The van der Waals surface area contributed by atoms with Crippen LogP contribution in [0.15, 0.2) is 24.3 Å². The molecule has 0 bridgehead atoms. The zero-order valence-corrected chi connectivity index (χ0v) is 11.9. The molecule has 108 valence electrons. The van der Waals surface area contributed by atoms with E-state index >= 15 is 0 Å². The molecule has 1 N–H and O–H groups in total. The van der Waals surface area contributed by atoms with Gasteiger partial charge in [-0.25, -0.2) is 0 Å². The largest absolute Gasteiger partial charge is 0.339 e. The zero-order chi connectivity index (χ0) is 15.1. The number of amides is 1. The lowest BCUT2D eigenvalue weighted by atomic mass is 9.93. The fraction of sp³-hybridized carbons (Fsp3) is 0.438. The van der Waals surface area contributed by atoms with Gasteiger partial charge in [0.1, 0.15) is 6.04 Å². The number of fused-ring (bicyclic) bond motifs is 1. The van der Waals surface area contributed by atoms with Crippen molar-refractivity contribution in [2.45, 2.75) is 25.3 Å². The molecule has 0 saturated carbocycles. The first-order chi connectivity index (χ1) is 10.3. The lowest BCUT2D eigenvalue weighted by Gasteiger charge is -2.31. The van der Waals surface area contributed by atoms with E-state index < -0.39 is 0 Å². The van der Waals surface area contributed by atoms with E-state index in [1.54, 1.807) is 4.90 Å². The van der Waals surface area contributed by atoms with Gasteiger partial charge in [-0.3, -0.25) is 4.79 Å². The lowest BCUT2D eigenvalue weighted by molar-refractivity contribution is -0.133. The number of nitrogens with zero attached hydrogens (tertiary/aromatic N) is 3. The van der Waals surface area contributed by atoms with Crippen molar-refractivity contribution in [3.63, 3.8) is 0 Å². The van der Waals surface area contributed by atoms with Crippen LogP contribution in [-0.4, -0.2) is 30.4 Å². The zero-order valence-electron chi connectivity index (χ0n) is 11.9. The van der Waals surface area contributed by atoms with Crippen LogP contribution in [0.1, 0.15) is 30.0 Å². The molecule has 0 fully saturated rings. The molecule has 0 saturated heterocycles. The maximum Gasteiger partial charge on any atom is 0.244 e. The second-order valence-electron chi connectivity index (χ2n) is 4.98. The van der Waals surface area contributed by atoms with E-state index in [9.17, 15) is 4.79 Å². The summed E-state index contributed by atoms with van der Waals surface area (Å²) in [5.41, 5.74) is 2.20. The monoisotopic (exact) mass is 282 g/mol. The highest BCUT2D eigenvalue weighted by atomic mass is 16.2. The first-order valence-electron chi connectivity index (χ1n) is 7.11.